The van der Waals surface area contributed by atoms with Gasteiger partial charge < -0.3 is 49.1 Å². The topological polar surface area (TPSA) is 162 Å². The quantitative estimate of drug-likeness (QED) is 0.221. The second-order valence-electron chi connectivity index (χ2n) is 19.0. The van der Waals surface area contributed by atoms with Crippen molar-refractivity contribution in [2.75, 3.05) is 91.9 Å². The van der Waals surface area contributed by atoms with E-state index in [2.05, 4.69) is 19.9 Å². The first-order valence-corrected chi connectivity index (χ1v) is 23.5. The molecule has 0 aromatic heterocycles. The third-order valence-corrected chi connectivity index (χ3v) is 15.2. The first kappa shape index (κ1) is 49.6. The molecule has 6 heterocycles. The highest BCUT2D eigenvalue weighted by Gasteiger charge is 2.53. The van der Waals surface area contributed by atoms with Crippen LogP contribution in [0.5, 0.6) is 0 Å². The lowest BCUT2D eigenvalue weighted by atomic mass is 9.64. The summed E-state index contributed by atoms with van der Waals surface area (Å²) in [7, 11) is 0. The molecule has 6 saturated heterocycles. The van der Waals surface area contributed by atoms with Crippen molar-refractivity contribution in [2.24, 2.45) is 22.7 Å². The van der Waals surface area contributed by atoms with E-state index in [0.717, 1.165) is 95.9 Å². The number of ketones is 1. The second kappa shape index (κ2) is 23.0. The molecule has 3 amide bonds. The van der Waals surface area contributed by atoms with Gasteiger partial charge in [0.1, 0.15) is 6.61 Å². The number of hydrogen-bond acceptors (Lipinski definition) is 12. The van der Waals surface area contributed by atoms with Gasteiger partial charge in [-0.15, -0.1) is 12.4 Å². The zero-order chi connectivity index (χ0) is 42.9. The summed E-state index contributed by atoms with van der Waals surface area (Å²) in [5.74, 6) is 1.16. The third kappa shape index (κ3) is 12.9. The van der Waals surface area contributed by atoms with Gasteiger partial charge in [0.05, 0.1) is 13.2 Å². The second-order valence-corrected chi connectivity index (χ2v) is 19.3. The zero-order valence-electron chi connectivity index (χ0n) is 37.0. The number of aliphatic hydroxyl groups excluding tert-OH is 1. The van der Waals surface area contributed by atoms with E-state index >= 15 is 0 Å². The van der Waals surface area contributed by atoms with E-state index in [9.17, 15) is 29.1 Å². The molecular formula is C44H74Cl2N6O9. The summed E-state index contributed by atoms with van der Waals surface area (Å²) in [4.78, 5) is 66.7. The molecule has 15 nitrogen and oxygen atoms in total. The molecule has 348 valence electrons. The van der Waals surface area contributed by atoms with E-state index in [0.29, 0.717) is 42.0 Å². The van der Waals surface area contributed by atoms with Gasteiger partial charge in [-0.2, -0.15) is 0 Å². The van der Waals surface area contributed by atoms with Crippen molar-refractivity contribution >= 4 is 53.3 Å². The predicted octanol–water partition coefficient (Wildman–Crippen LogP) is 5.53. The maximum atomic E-state index is 12.0. The van der Waals surface area contributed by atoms with Gasteiger partial charge in [0.25, 0.3) is 0 Å². The summed E-state index contributed by atoms with van der Waals surface area (Å²) >= 11 is 4.71. The van der Waals surface area contributed by atoms with Crippen LogP contribution >= 0.6 is 24.0 Å². The number of aliphatic hydroxyl groups is 1. The minimum Gasteiger partial charge on any atom is -0.450 e. The average molecular weight is 902 g/mol. The van der Waals surface area contributed by atoms with Crippen molar-refractivity contribution in [1.29, 1.82) is 0 Å². The number of likely N-dealkylation sites (tertiary alicyclic amines) is 5. The molecule has 2 aliphatic carbocycles. The van der Waals surface area contributed by atoms with Crippen molar-refractivity contribution in [1.82, 2.24) is 29.8 Å². The Labute approximate surface area is 374 Å². The third-order valence-electron chi connectivity index (χ3n) is 15.1. The van der Waals surface area contributed by atoms with Crippen LogP contribution in [-0.2, 0) is 23.8 Å². The molecule has 61 heavy (non-hydrogen) atoms. The van der Waals surface area contributed by atoms with E-state index in [4.69, 9.17) is 21.1 Å². The van der Waals surface area contributed by atoms with Gasteiger partial charge >= 0.3 is 17.6 Å². The number of carbonyl (C=O) groups excluding carboxylic acids is 5. The first-order chi connectivity index (χ1) is 28.9. The molecule has 8 rings (SSSR count). The lowest BCUT2D eigenvalue weighted by Gasteiger charge is -2.52. The summed E-state index contributed by atoms with van der Waals surface area (Å²) in [6, 6.07) is 2.56. The molecule has 0 radical (unpaired) electrons. The van der Waals surface area contributed by atoms with E-state index in [-0.39, 0.29) is 49.5 Å². The van der Waals surface area contributed by atoms with Crippen molar-refractivity contribution in [3.8, 4) is 0 Å². The number of carbonyl (C=O) groups is 5. The van der Waals surface area contributed by atoms with Crippen LogP contribution in [0, 0.1) is 22.7 Å². The van der Waals surface area contributed by atoms with Crippen LogP contribution in [0.4, 0.5) is 14.4 Å². The number of piperidine rings is 2. The smallest absolute Gasteiger partial charge is 0.409 e. The summed E-state index contributed by atoms with van der Waals surface area (Å²) in [5, 5.41) is 12.9. The molecule has 2 atom stereocenters. The number of ether oxygens (including phenoxy) is 3. The van der Waals surface area contributed by atoms with Crippen LogP contribution in [0.2, 0.25) is 0 Å². The van der Waals surface area contributed by atoms with Crippen LogP contribution < -0.4 is 5.32 Å². The Morgan fingerprint density at radius 2 is 1.20 bits per heavy atom. The van der Waals surface area contributed by atoms with Gasteiger partial charge in [-0.1, -0.05) is 0 Å². The highest BCUT2D eigenvalue weighted by atomic mass is 35.5. The molecule has 0 aromatic rings. The van der Waals surface area contributed by atoms with E-state index in [1.165, 1.54) is 84.3 Å². The Bertz CT molecular complexity index is 1450. The van der Waals surface area contributed by atoms with Gasteiger partial charge in [0.15, 0.2) is 12.4 Å². The maximum absolute atomic E-state index is 12.0. The summed E-state index contributed by atoms with van der Waals surface area (Å²) < 4.78 is 14.4. The van der Waals surface area contributed by atoms with Crippen molar-refractivity contribution in [3.63, 3.8) is 0 Å². The fourth-order valence-electron chi connectivity index (χ4n) is 12.0. The van der Waals surface area contributed by atoms with Crippen LogP contribution in [-0.4, -0.2) is 175 Å². The van der Waals surface area contributed by atoms with Gasteiger partial charge in [0.2, 0.25) is 5.91 Å². The number of nitrogens with one attached hydrogen (secondary N) is 1. The number of amides is 3. The van der Waals surface area contributed by atoms with Gasteiger partial charge in [-0.3, -0.25) is 9.59 Å². The molecule has 2 spiro atoms. The van der Waals surface area contributed by atoms with Crippen molar-refractivity contribution in [2.45, 2.75) is 135 Å². The normalized spacial score (nSPS) is 31.6. The number of Topliss-reactive ketones (excluding diaryl/α,β-unsaturated/α-hetero) is 1. The Hall–Kier alpha value is -2.43. The van der Waals surface area contributed by atoms with Crippen molar-refractivity contribution < 1.29 is 43.3 Å². The average Bonchev–Trinajstić information content (AvgIpc) is 4.06. The van der Waals surface area contributed by atoms with Gasteiger partial charge in [-0.25, -0.2) is 14.4 Å². The molecule has 8 fully saturated rings. The Morgan fingerprint density at radius 3 is 1.61 bits per heavy atom. The number of rotatable bonds is 9. The molecule has 6 aliphatic heterocycles. The number of nitrogens with zero attached hydrogens (tertiary/aromatic N) is 5. The molecule has 17 heteroatoms. The van der Waals surface area contributed by atoms with Crippen LogP contribution in [0.3, 0.4) is 0 Å². The standard InChI is InChI=1S/C21H35N3O4.C19H33N3O2.C4H5ClO3.ClH/c1-2-28-20(27)23-11-7-21(15-23)12-17(13-21)22-9-5-16(6-10-22)18-4-3-8-24(18)19(26)14-25;1-2-24-18(23)22-11-7-19(14-22)12-16(13-19)21-9-5-15(6-10-21)17-4-3-8-20-17;1-3(6)2-8-4(5)7;/h16-18,25H,2-15H2,1H3;15-17,20H,2-14H2,1H3;2H2,1H3;1H. The highest BCUT2D eigenvalue weighted by molar-refractivity contribution is 6.61. The van der Waals surface area contributed by atoms with E-state index in [1.807, 2.05) is 28.5 Å². The molecule has 8 aliphatic rings. The molecule has 0 bridgehead atoms. The fourth-order valence-corrected chi connectivity index (χ4v) is 12.0. The summed E-state index contributed by atoms with van der Waals surface area (Å²) in [5.41, 5.74) is -0.217. The molecule has 2 N–H and O–H groups in total. The minimum absolute atomic E-state index is 0. The Morgan fingerprint density at radius 1 is 0.689 bits per heavy atom. The first-order valence-electron chi connectivity index (χ1n) is 23.1. The molecule has 0 aromatic carbocycles. The monoisotopic (exact) mass is 900 g/mol. The van der Waals surface area contributed by atoms with Gasteiger partial charge in [0, 0.05) is 68.5 Å². The molecule has 2 unspecified atom stereocenters. The fraction of sp³-hybridized carbons (Fsp3) is 0.886. The maximum Gasteiger partial charge on any atom is 0.409 e. The molecular weight excluding hydrogens is 827 g/mol. The Balaban J connectivity index is 0.000000195. The lowest BCUT2D eigenvalue weighted by molar-refractivity contribution is -0.136. The van der Waals surface area contributed by atoms with Gasteiger partial charge in [-0.05, 0) is 166 Å². The van der Waals surface area contributed by atoms with Crippen LogP contribution in [0.25, 0.3) is 0 Å². The summed E-state index contributed by atoms with van der Waals surface area (Å²) in [6.07, 6.45) is 17.0. The largest absolute Gasteiger partial charge is 0.450 e. The predicted molar refractivity (Wildman–Crippen MR) is 234 cm³/mol. The van der Waals surface area contributed by atoms with Crippen LogP contribution in [0.15, 0.2) is 0 Å². The highest BCUT2D eigenvalue weighted by Crippen LogP contribution is 2.52. The van der Waals surface area contributed by atoms with E-state index in [1.54, 1.807) is 0 Å². The molecule has 2 saturated carbocycles. The van der Waals surface area contributed by atoms with E-state index < -0.39 is 5.43 Å². The lowest BCUT2D eigenvalue weighted by Crippen LogP contribution is -2.55. The number of halogens is 2. The number of hydrogen-bond donors (Lipinski definition) is 2. The summed E-state index contributed by atoms with van der Waals surface area (Å²) in [6.45, 7) is 15.7. The van der Waals surface area contributed by atoms with Crippen molar-refractivity contribution in [3.05, 3.63) is 0 Å². The zero-order valence-corrected chi connectivity index (χ0v) is 38.6. The SMILES string of the molecule is CC(=O)COC(=O)Cl.CCOC(=O)N1CCC2(CC(N3CCC(C4CCCN4)CC3)C2)C1.CCOC(=O)N1CCC2(CC(N3CCC(C4CCCN4C(=O)CO)CC3)C2)C1.Cl. The Kier molecular flexibility index (Phi) is 18.7. The minimum atomic E-state index is -0.944. The van der Waals surface area contributed by atoms with Crippen LogP contribution in [0.1, 0.15) is 111 Å².